The molecule has 0 rings (SSSR count). The maximum absolute atomic E-state index is 12.3. The van der Waals surface area contributed by atoms with E-state index in [0.29, 0.717) is 6.92 Å². The Kier molecular flexibility index (Phi) is 5.10. The van der Waals surface area contributed by atoms with Gasteiger partial charge in [-0.1, -0.05) is 5.57 Å². The normalized spacial score (nSPS) is 18.6. The van der Waals surface area contributed by atoms with Gasteiger partial charge in [-0.25, -0.2) is 0 Å². The largest absolute Gasteiger partial charge is 0.430 e. The lowest BCUT2D eigenvalue weighted by Gasteiger charge is -2.31. The molecular weight excluding hydrogens is 323 g/mol. The van der Waals surface area contributed by atoms with Gasteiger partial charge >= 0.3 is 18.5 Å². The van der Waals surface area contributed by atoms with Gasteiger partial charge in [-0.2, -0.15) is 39.5 Å². The molecule has 1 unspecified atom stereocenters. The van der Waals surface area contributed by atoms with E-state index < -0.39 is 47.8 Å². The molecule has 0 amide bonds. The van der Waals surface area contributed by atoms with Gasteiger partial charge in [0.2, 0.25) is 0 Å². The first-order chi connectivity index (χ1) is 8.85. The smallest absolute Gasteiger partial charge is 0.380 e. The summed E-state index contributed by atoms with van der Waals surface area (Å²) in [5.74, 6) is 0. The Labute approximate surface area is 112 Å². The van der Waals surface area contributed by atoms with Crippen LogP contribution in [0.4, 0.5) is 39.5 Å². The molecule has 0 bridgehead atoms. The zero-order valence-corrected chi connectivity index (χ0v) is 10.6. The van der Waals surface area contributed by atoms with Crippen LogP contribution in [0.3, 0.4) is 0 Å². The molecule has 0 saturated heterocycles. The Morgan fingerprint density at radius 3 is 1.38 bits per heavy atom. The van der Waals surface area contributed by atoms with Crippen LogP contribution in [0.2, 0.25) is 0 Å². The van der Waals surface area contributed by atoms with Gasteiger partial charge in [0.15, 0.2) is 5.60 Å². The van der Waals surface area contributed by atoms with Gasteiger partial charge in [0.25, 0.3) is 5.60 Å². The molecule has 0 aliphatic rings. The lowest BCUT2D eigenvalue weighted by Crippen LogP contribution is -2.55. The minimum atomic E-state index is -6.18. The van der Waals surface area contributed by atoms with Crippen LogP contribution in [0.1, 0.15) is 20.3 Å². The second kappa shape index (κ2) is 5.34. The van der Waals surface area contributed by atoms with E-state index in [0.717, 1.165) is 0 Å². The van der Waals surface area contributed by atoms with Crippen LogP contribution < -0.4 is 0 Å². The quantitative estimate of drug-likeness (QED) is 0.613. The summed E-state index contributed by atoms with van der Waals surface area (Å²) in [5, 5.41) is 17.8. The Hall–Kier alpha value is -0.970. The van der Waals surface area contributed by atoms with Gasteiger partial charge in [0.05, 0.1) is 0 Å². The molecule has 11 heteroatoms. The molecule has 0 radical (unpaired) electrons. The van der Waals surface area contributed by atoms with Crippen LogP contribution in [0.25, 0.3) is 0 Å². The number of hydrogen-bond donors (Lipinski definition) is 2. The van der Waals surface area contributed by atoms with Crippen molar-refractivity contribution in [3.05, 3.63) is 11.6 Å². The fraction of sp³-hybridized carbons (Fsp3) is 0.800. The van der Waals surface area contributed by atoms with Crippen molar-refractivity contribution in [2.24, 2.45) is 0 Å². The predicted octanol–water partition coefficient (Wildman–Crippen LogP) is 3.49. The summed E-state index contributed by atoms with van der Waals surface area (Å²) < 4.78 is 111. The molecule has 0 aromatic rings. The van der Waals surface area contributed by atoms with E-state index in [1.165, 1.54) is 0 Å². The number of halogens is 9. The third-order valence-corrected chi connectivity index (χ3v) is 2.55. The monoisotopic (exact) mass is 334 g/mol. The van der Waals surface area contributed by atoms with Crippen molar-refractivity contribution in [2.75, 3.05) is 0 Å². The molecule has 0 aliphatic carbocycles. The van der Waals surface area contributed by atoms with Crippen molar-refractivity contribution in [2.45, 2.75) is 50.0 Å². The first kappa shape index (κ1) is 20.0. The number of rotatable bonds is 3. The molecule has 126 valence electrons. The third-order valence-electron chi connectivity index (χ3n) is 2.55. The summed E-state index contributed by atoms with van der Waals surface area (Å²) in [6.07, 6.45) is -20.0. The number of hydrogen-bond acceptors (Lipinski definition) is 2. The molecule has 0 saturated carbocycles. The van der Waals surface area contributed by atoms with Crippen LogP contribution in [0.15, 0.2) is 11.6 Å². The van der Waals surface area contributed by atoms with Crippen molar-refractivity contribution in [3.8, 4) is 0 Å². The van der Waals surface area contributed by atoms with Crippen molar-refractivity contribution < 1.29 is 49.7 Å². The SMILES string of the molecule is C/C(=C/C(O)(C(F)(F)F)C(F)(F)F)CC(C)(O)C(F)(F)F. The van der Waals surface area contributed by atoms with Crippen molar-refractivity contribution in [3.63, 3.8) is 0 Å². The summed E-state index contributed by atoms with van der Waals surface area (Å²) >= 11 is 0. The molecule has 2 nitrogen and oxygen atoms in total. The fourth-order valence-corrected chi connectivity index (χ4v) is 1.38. The Bertz CT molecular complexity index is 386. The summed E-state index contributed by atoms with van der Waals surface area (Å²) in [6.45, 7) is 0.688. The molecule has 0 heterocycles. The van der Waals surface area contributed by atoms with Crippen molar-refractivity contribution >= 4 is 0 Å². The molecule has 2 N–H and O–H groups in total. The van der Waals surface area contributed by atoms with E-state index in [1.807, 2.05) is 0 Å². The maximum atomic E-state index is 12.3. The van der Waals surface area contributed by atoms with Crippen LogP contribution in [-0.4, -0.2) is 39.9 Å². The average Bonchev–Trinajstić information content (AvgIpc) is 2.10. The van der Waals surface area contributed by atoms with Gasteiger partial charge in [0.1, 0.15) is 0 Å². The summed E-state index contributed by atoms with van der Waals surface area (Å²) in [6, 6.07) is 0. The maximum Gasteiger partial charge on any atom is 0.430 e. The van der Waals surface area contributed by atoms with Crippen molar-refractivity contribution in [1.29, 1.82) is 0 Å². The molecule has 0 aromatic heterocycles. The highest BCUT2D eigenvalue weighted by Gasteiger charge is 2.69. The third kappa shape index (κ3) is 4.25. The summed E-state index contributed by atoms with van der Waals surface area (Å²) in [5.41, 5.74) is -9.97. The molecule has 1 atom stereocenters. The Morgan fingerprint density at radius 2 is 1.14 bits per heavy atom. The molecule has 21 heavy (non-hydrogen) atoms. The van der Waals surface area contributed by atoms with E-state index in [1.54, 1.807) is 0 Å². The molecular formula is C10H11F9O2. The van der Waals surface area contributed by atoms with Crippen LogP contribution in [0.5, 0.6) is 0 Å². The van der Waals surface area contributed by atoms with E-state index >= 15 is 0 Å². The minimum absolute atomic E-state index is 0.185. The first-order valence-electron chi connectivity index (χ1n) is 5.18. The van der Waals surface area contributed by atoms with Crippen LogP contribution >= 0.6 is 0 Å². The van der Waals surface area contributed by atoms with Gasteiger partial charge in [-0.3, -0.25) is 0 Å². The minimum Gasteiger partial charge on any atom is -0.380 e. The highest BCUT2D eigenvalue weighted by molar-refractivity contribution is 5.17. The van der Waals surface area contributed by atoms with Crippen LogP contribution in [-0.2, 0) is 0 Å². The van der Waals surface area contributed by atoms with Gasteiger partial charge in [-0.05, 0) is 19.9 Å². The van der Waals surface area contributed by atoms with Gasteiger partial charge in [0, 0.05) is 6.42 Å². The topological polar surface area (TPSA) is 40.5 Å². The standard InChI is InChI=1S/C10H11F9O2/c1-5(3-6(2,20)8(11,12)13)4-7(21,9(14,15)16)10(17,18)19/h4,20-21H,3H2,1-2H3/b5-4-. The van der Waals surface area contributed by atoms with E-state index in [9.17, 15) is 39.5 Å². The zero-order valence-electron chi connectivity index (χ0n) is 10.6. The Balaban J connectivity index is 5.65. The lowest BCUT2D eigenvalue weighted by molar-refractivity contribution is -0.348. The molecule has 0 aliphatic heterocycles. The van der Waals surface area contributed by atoms with E-state index in [2.05, 4.69) is 0 Å². The summed E-state index contributed by atoms with van der Waals surface area (Å²) in [7, 11) is 0. The molecule has 0 fully saturated rings. The lowest BCUT2D eigenvalue weighted by atomic mass is 9.92. The number of aliphatic hydroxyl groups is 2. The van der Waals surface area contributed by atoms with E-state index in [-0.39, 0.29) is 6.92 Å². The summed E-state index contributed by atoms with van der Waals surface area (Å²) in [4.78, 5) is 0. The number of alkyl halides is 9. The average molecular weight is 334 g/mol. The molecule has 0 spiro atoms. The van der Waals surface area contributed by atoms with Crippen molar-refractivity contribution in [1.82, 2.24) is 0 Å². The van der Waals surface area contributed by atoms with E-state index in [4.69, 9.17) is 10.2 Å². The predicted molar refractivity (Wildman–Crippen MR) is 52.1 cm³/mol. The first-order valence-corrected chi connectivity index (χ1v) is 5.18. The van der Waals surface area contributed by atoms with Gasteiger partial charge in [-0.15, -0.1) is 0 Å². The Morgan fingerprint density at radius 1 is 0.810 bits per heavy atom. The zero-order chi connectivity index (χ0) is 17.5. The second-order valence-electron chi connectivity index (χ2n) is 4.70. The highest BCUT2D eigenvalue weighted by atomic mass is 19.4. The van der Waals surface area contributed by atoms with Gasteiger partial charge < -0.3 is 10.2 Å². The second-order valence-corrected chi connectivity index (χ2v) is 4.70. The fourth-order valence-electron chi connectivity index (χ4n) is 1.38. The molecule has 0 aromatic carbocycles. The highest BCUT2D eigenvalue weighted by Crippen LogP contribution is 2.45. The van der Waals surface area contributed by atoms with Crippen LogP contribution in [0, 0.1) is 0 Å².